The Morgan fingerprint density at radius 2 is 2.14 bits per heavy atom. The lowest BCUT2D eigenvalue weighted by atomic mass is 10.0. The van der Waals surface area contributed by atoms with Gasteiger partial charge in [-0.2, -0.15) is 18.3 Å². The van der Waals surface area contributed by atoms with E-state index in [4.69, 9.17) is 11.6 Å². The minimum Gasteiger partial charge on any atom is -0.364 e. The van der Waals surface area contributed by atoms with Crippen LogP contribution in [-0.2, 0) is 6.18 Å². The maximum Gasteiger partial charge on any atom is 0.418 e. The van der Waals surface area contributed by atoms with Crippen LogP contribution in [0.5, 0.6) is 0 Å². The Balaban J connectivity index is 1.92. The number of piperidine rings is 1. The second-order valence-electron chi connectivity index (χ2n) is 6.51. The summed E-state index contributed by atoms with van der Waals surface area (Å²) in [5, 5.41) is 18.8. The van der Waals surface area contributed by atoms with Crippen LogP contribution in [0.15, 0.2) is 30.5 Å². The van der Waals surface area contributed by atoms with Crippen molar-refractivity contribution < 1.29 is 18.1 Å². The van der Waals surface area contributed by atoms with Crippen molar-refractivity contribution in [2.24, 2.45) is 0 Å². The predicted octanol–water partition coefficient (Wildman–Crippen LogP) is 4.16. The van der Waals surface area contributed by atoms with Gasteiger partial charge in [0.25, 0.3) is 5.69 Å². The fourth-order valence-corrected chi connectivity index (χ4v) is 3.60. The highest BCUT2D eigenvalue weighted by Crippen LogP contribution is 2.42. The highest BCUT2D eigenvalue weighted by molar-refractivity contribution is 6.31. The van der Waals surface area contributed by atoms with E-state index in [1.165, 1.54) is 0 Å². The van der Waals surface area contributed by atoms with Gasteiger partial charge in [0.05, 0.1) is 15.5 Å². The second kappa shape index (κ2) is 7.78. The normalized spacial score (nSPS) is 17.5. The van der Waals surface area contributed by atoms with Crippen molar-refractivity contribution in [2.45, 2.75) is 25.1 Å². The molecule has 0 spiro atoms. The zero-order valence-corrected chi connectivity index (χ0v) is 15.6. The van der Waals surface area contributed by atoms with Gasteiger partial charge in [-0.15, -0.1) is 5.10 Å². The Labute approximate surface area is 163 Å². The average molecular weight is 416 g/mol. The van der Waals surface area contributed by atoms with Gasteiger partial charge in [0, 0.05) is 38.4 Å². The van der Waals surface area contributed by atoms with E-state index in [9.17, 15) is 23.3 Å². The van der Waals surface area contributed by atoms with Gasteiger partial charge in [0.2, 0.25) is 0 Å². The highest BCUT2D eigenvalue weighted by Gasteiger charge is 2.37. The summed E-state index contributed by atoms with van der Waals surface area (Å²) in [5.41, 5.74) is -1.80. The van der Waals surface area contributed by atoms with Crippen molar-refractivity contribution >= 4 is 28.8 Å². The van der Waals surface area contributed by atoms with Crippen molar-refractivity contribution in [1.29, 1.82) is 0 Å². The number of halogens is 4. The summed E-state index contributed by atoms with van der Waals surface area (Å²) in [6.07, 6.45) is -1.69. The largest absolute Gasteiger partial charge is 0.418 e. The molecule has 0 saturated carbocycles. The molecule has 0 N–H and O–H groups in total. The van der Waals surface area contributed by atoms with Gasteiger partial charge in [-0.05, 0) is 31.0 Å². The number of nitrogens with zero attached hydrogens (tertiary/aromatic N) is 5. The van der Waals surface area contributed by atoms with Crippen LogP contribution in [0, 0.1) is 10.1 Å². The molecule has 0 bridgehead atoms. The molecule has 3 rings (SSSR count). The number of alkyl halides is 3. The topological polar surface area (TPSA) is 75.4 Å². The van der Waals surface area contributed by atoms with Crippen molar-refractivity contribution in [2.75, 3.05) is 29.9 Å². The Morgan fingerprint density at radius 1 is 1.39 bits per heavy atom. The number of anilines is 2. The minimum absolute atomic E-state index is 0.0500. The molecule has 150 valence electrons. The van der Waals surface area contributed by atoms with Crippen LogP contribution >= 0.6 is 11.6 Å². The lowest BCUT2D eigenvalue weighted by Crippen LogP contribution is -2.47. The first-order chi connectivity index (χ1) is 13.2. The molecule has 1 aromatic carbocycles. The number of nitro groups is 1. The van der Waals surface area contributed by atoms with Crippen LogP contribution in [0.1, 0.15) is 18.4 Å². The molecule has 7 nitrogen and oxygen atoms in total. The molecule has 0 amide bonds. The monoisotopic (exact) mass is 415 g/mol. The molecule has 28 heavy (non-hydrogen) atoms. The van der Waals surface area contributed by atoms with Crippen molar-refractivity contribution in [3.8, 4) is 0 Å². The molecule has 1 saturated heterocycles. The summed E-state index contributed by atoms with van der Waals surface area (Å²) in [6.45, 7) is 1.25. The second-order valence-corrected chi connectivity index (χ2v) is 6.92. The Hall–Kier alpha value is -2.62. The van der Waals surface area contributed by atoms with Gasteiger partial charge in [-0.3, -0.25) is 10.1 Å². The summed E-state index contributed by atoms with van der Waals surface area (Å²) >= 11 is 5.80. The molecule has 1 atom stereocenters. The molecule has 2 aromatic rings. The Kier molecular flexibility index (Phi) is 5.59. The van der Waals surface area contributed by atoms with Gasteiger partial charge in [0.1, 0.15) is 5.69 Å². The third kappa shape index (κ3) is 4.11. The Morgan fingerprint density at radius 3 is 2.75 bits per heavy atom. The lowest BCUT2D eigenvalue weighted by molar-refractivity contribution is -0.384. The van der Waals surface area contributed by atoms with E-state index >= 15 is 0 Å². The predicted molar refractivity (Wildman–Crippen MR) is 98.8 cm³/mol. The summed E-state index contributed by atoms with van der Waals surface area (Å²) in [6, 6.07) is 4.92. The summed E-state index contributed by atoms with van der Waals surface area (Å²) < 4.78 is 39.2. The van der Waals surface area contributed by atoms with Crippen LogP contribution in [0.2, 0.25) is 5.02 Å². The van der Waals surface area contributed by atoms with Crippen LogP contribution in [-0.4, -0.2) is 41.3 Å². The number of hydrogen-bond donors (Lipinski definition) is 0. The first kappa shape index (κ1) is 20.1. The zero-order chi connectivity index (χ0) is 20.5. The first-order valence-corrected chi connectivity index (χ1v) is 8.87. The van der Waals surface area contributed by atoms with E-state index in [2.05, 4.69) is 10.2 Å². The van der Waals surface area contributed by atoms with E-state index < -0.39 is 27.4 Å². The maximum atomic E-state index is 13.1. The van der Waals surface area contributed by atoms with Crippen molar-refractivity contribution in [3.05, 3.63) is 51.2 Å². The molecular weight excluding hydrogens is 399 g/mol. The van der Waals surface area contributed by atoms with Crippen LogP contribution < -0.4 is 9.80 Å². The Bertz CT molecular complexity index is 866. The number of rotatable bonds is 4. The van der Waals surface area contributed by atoms with E-state index in [1.54, 1.807) is 24.2 Å². The summed E-state index contributed by atoms with van der Waals surface area (Å²) in [5.74, 6) is 0.681. The quantitative estimate of drug-likeness (QED) is 0.551. The fourth-order valence-electron chi connectivity index (χ4n) is 3.34. The highest BCUT2D eigenvalue weighted by atomic mass is 35.5. The average Bonchev–Trinajstić information content (AvgIpc) is 2.66. The van der Waals surface area contributed by atoms with E-state index in [0.29, 0.717) is 18.4 Å². The molecule has 0 radical (unpaired) electrons. The zero-order valence-electron chi connectivity index (χ0n) is 14.9. The molecule has 1 aliphatic heterocycles. The van der Waals surface area contributed by atoms with Gasteiger partial charge in [-0.1, -0.05) is 11.6 Å². The number of hydrogen-bond acceptors (Lipinski definition) is 6. The number of nitro benzene ring substituents is 1. The van der Waals surface area contributed by atoms with Gasteiger partial charge in [-0.25, -0.2) is 0 Å². The third-order valence-electron chi connectivity index (χ3n) is 4.77. The van der Waals surface area contributed by atoms with Crippen molar-refractivity contribution in [1.82, 2.24) is 10.2 Å². The third-order valence-corrected chi connectivity index (χ3v) is 5.09. The number of benzene rings is 1. The van der Waals surface area contributed by atoms with E-state index in [0.717, 1.165) is 25.5 Å². The SMILES string of the molecule is CN(c1cc(Cl)c(C(F)(F)F)cc1[N+](=O)[O-])C1CCCN(c2cccnn2)C1. The molecular formula is C17H17ClF3N5O2. The van der Waals surface area contributed by atoms with Gasteiger partial charge >= 0.3 is 6.18 Å². The standard InChI is InChI=1S/C17H17ClF3N5O2/c1-24(11-4-3-7-25(10-11)16-5-2-6-22-23-16)14-9-13(18)12(17(19,20)21)8-15(14)26(27)28/h2,5-6,8-9,11H,3-4,7,10H2,1H3. The molecule has 1 aromatic heterocycles. The van der Waals surface area contributed by atoms with E-state index in [1.807, 2.05) is 11.0 Å². The number of likely N-dealkylation sites (N-methyl/N-ethyl adjacent to an activating group) is 1. The van der Waals surface area contributed by atoms with Crippen LogP contribution in [0.3, 0.4) is 0 Å². The van der Waals surface area contributed by atoms with E-state index in [-0.39, 0.29) is 11.7 Å². The van der Waals surface area contributed by atoms with Crippen LogP contribution in [0.4, 0.5) is 30.4 Å². The van der Waals surface area contributed by atoms with Gasteiger partial charge < -0.3 is 9.80 Å². The minimum atomic E-state index is -4.77. The van der Waals surface area contributed by atoms with Crippen molar-refractivity contribution in [3.63, 3.8) is 0 Å². The molecule has 2 heterocycles. The summed E-state index contributed by atoms with van der Waals surface area (Å²) in [7, 11) is 1.62. The number of aromatic nitrogens is 2. The molecule has 11 heteroatoms. The lowest BCUT2D eigenvalue weighted by Gasteiger charge is -2.38. The molecule has 0 aliphatic carbocycles. The molecule has 1 aliphatic rings. The maximum absolute atomic E-state index is 13.1. The molecule has 1 unspecified atom stereocenters. The van der Waals surface area contributed by atoms with Crippen LogP contribution in [0.25, 0.3) is 0 Å². The first-order valence-electron chi connectivity index (χ1n) is 8.49. The smallest absolute Gasteiger partial charge is 0.364 e. The van der Waals surface area contributed by atoms with Gasteiger partial charge in [0.15, 0.2) is 5.82 Å². The summed E-state index contributed by atoms with van der Waals surface area (Å²) in [4.78, 5) is 14.2. The molecule has 1 fully saturated rings. The fraction of sp³-hybridized carbons (Fsp3) is 0.412.